The summed E-state index contributed by atoms with van der Waals surface area (Å²) in [6, 6.07) is 0. The molecule has 1 aromatic rings. The second kappa shape index (κ2) is 10.9. The number of likely N-dealkylation sites (tertiary alicyclic amines) is 1. The van der Waals surface area contributed by atoms with Crippen LogP contribution in [-0.2, 0) is 11.3 Å². The number of piperidine rings is 1. The van der Waals surface area contributed by atoms with Crippen LogP contribution in [0.25, 0.3) is 0 Å². The molecule has 0 saturated carbocycles. The number of guanidine groups is 1. The van der Waals surface area contributed by atoms with E-state index in [1.807, 2.05) is 7.05 Å². The Kier molecular flexibility index (Phi) is 8.32. The molecule has 0 bridgehead atoms. The van der Waals surface area contributed by atoms with E-state index >= 15 is 0 Å². The van der Waals surface area contributed by atoms with Gasteiger partial charge in [0.2, 0.25) is 0 Å². The van der Waals surface area contributed by atoms with E-state index in [-0.39, 0.29) is 0 Å². The van der Waals surface area contributed by atoms with Crippen LogP contribution in [0, 0.1) is 12.8 Å². The van der Waals surface area contributed by atoms with Gasteiger partial charge < -0.3 is 15.4 Å². The van der Waals surface area contributed by atoms with Crippen LogP contribution in [0.3, 0.4) is 0 Å². The molecule has 2 aliphatic heterocycles. The second-order valence-corrected chi connectivity index (χ2v) is 8.47. The van der Waals surface area contributed by atoms with Crippen LogP contribution in [0.4, 0.5) is 0 Å². The first kappa shape index (κ1) is 20.5. The van der Waals surface area contributed by atoms with Crippen molar-refractivity contribution in [3.8, 4) is 0 Å². The van der Waals surface area contributed by atoms with Crippen molar-refractivity contribution < 1.29 is 4.74 Å². The minimum absolute atomic E-state index is 0.719. The van der Waals surface area contributed by atoms with Gasteiger partial charge in [-0.2, -0.15) is 0 Å². The lowest BCUT2D eigenvalue weighted by Gasteiger charge is -2.32. The third kappa shape index (κ3) is 7.03. The number of rotatable bonds is 7. The summed E-state index contributed by atoms with van der Waals surface area (Å²) in [5, 5.41) is 10.3. The van der Waals surface area contributed by atoms with Crippen molar-refractivity contribution in [2.45, 2.75) is 26.3 Å². The quantitative estimate of drug-likeness (QED) is 0.535. The summed E-state index contributed by atoms with van der Waals surface area (Å²) in [6.07, 6.45) is 2.47. The molecule has 8 heteroatoms. The predicted octanol–water partition coefficient (Wildman–Crippen LogP) is 1.16. The minimum atomic E-state index is 0.719. The number of aromatic nitrogens is 1. The van der Waals surface area contributed by atoms with Crippen molar-refractivity contribution in [1.29, 1.82) is 0 Å². The number of aryl methyl sites for hydroxylation is 1. The standard InChI is InChI=1S/C19H34N6OS/c1-16-23-18(15-27-16)14-25-6-3-17(4-7-25)13-22-19(20-2)21-5-8-24-9-11-26-12-10-24/h15,17H,3-14H2,1-2H3,(H2,20,21,22). The van der Waals surface area contributed by atoms with E-state index in [4.69, 9.17) is 4.74 Å². The summed E-state index contributed by atoms with van der Waals surface area (Å²) in [5.41, 5.74) is 1.22. The van der Waals surface area contributed by atoms with Crippen LogP contribution in [0.5, 0.6) is 0 Å². The monoisotopic (exact) mass is 394 g/mol. The lowest BCUT2D eigenvalue weighted by Crippen LogP contribution is -2.46. The first-order chi connectivity index (χ1) is 13.2. The zero-order valence-electron chi connectivity index (χ0n) is 16.7. The topological polar surface area (TPSA) is 65.0 Å². The van der Waals surface area contributed by atoms with Gasteiger partial charge in [-0.1, -0.05) is 0 Å². The summed E-state index contributed by atoms with van der Waals surface area (Å²) in [6.45, 7) is 12.1. The van der Waals surface area contributed by atoms with Crippen LogP contribution >= 0.6 is 11.3 Å². The van der Waals surface area contributed by atoms with Gasteiger partial charge in [-0.25, -0.2) is 4.98 Å². The van der Waals surface area contributed by atoms with Gasteiger partial charge in [0.1, 0.15) is 0 Å². The summed E-state index contributed by atoms with van der Waals surface area (Å²) >= 11 is 1.75. The van der Waals surface area contributed by atoms with Gasteiger partial charge in [-0.3, -0.25) is 14.8 Å². The van der Waals surface area contributed by atoms with Crippen molar-refractivity contribution in [2.75, 3.05) is 66.1 Å². The van der Waals surface area contributed by atoms with Gasteiger partial charge in [0, 0.05) is 51.7 Å². The highest BCUT2D eigenvalue weighted by Crippen LogP contribution is 2.19. The van der Waals surface area contributed by atoms with E-state index in [1.165, 1.54) is 18.5 Å². The maximum Gasteiger partial charge on any atom is 0.191 e. The lowest BCUT2D eigenvalue weighted by molar-refractivity contribution is 0.0389. The molecule has 2 aliphatic rings. The van der Waals surface area contributed by atoms with E-state index in [1.54, 1.807) is 11.3 Å². The highest BCUT2D eigenvalue weighted by Gasteiger charge is 2.20. The molecule has 0 atom stereocenters. The van der Waals surface area contributed by atoms with Gasteiger partial charge in [-0.05, 0) is 38.8 Å². The van der Waals surface area contributed by atoms with Crippen molar-refractivity contribution in [2.24, 2.45) is 10.9 Å². The maximum atomic E-state index is 5.39. The summed E-state index contributed by atoms with van der Waals surface area (Å²) < 4.78 is 5.39. The molecule has 0 radical (unpaired) electrons. The molecule has 3 rings (SSSR count). The molecule has 7 nitrogen and oxygen atoms in total. The Balaban J connectivity index is 1.28. The van der Waals surface area contributed by atoms with Crippen LogP contribution in [0.15, 0.2) is 10.4 Å². The Hall–Kier alpha value is -1.22. The van der Waals surface area contributed by atoms with Crippen molar-refractivity contribution >= 4 is 17.3 Å². The molecule has 2 N–H and O–H groups in total. The smallest absolute Gasteiger partial charge is 0.191 e. The van der Waals surface area contributed by atoms with Crippen molar-refractivity contribution in [3.63, 3.8) is 0 Å². The Morgan fingerprint density at radius 1 is 1.22 bits per heavy atom. The van der Waals surface area contributed by atoms with Crippen LogP contribution in [0.1, 0.15) is 23.5 Å². The molecule has 152 valence electrons. The van der Waals surface area contributed by atoms with Gasteiger partial charge in [0.15, 0.2) is 5.96 Å². The third-order valence-corrected chi connectivity index (χ3v) is 6.19. The molecule has 0 spiro atoms. The Morgan fingerprint density at radius 3 is 2.67 bits per heavy atom. The second-order valence-electron chi connectivity index (χ2n) is 7.41. The van der Waals surface area contributed by atoms with E-state index in [0.717, 1.165) is 82.5 Å². The molecule has 0 unspecified atom stereocenters. The Labute approximate surface area is 167 Å². The highest BCUT2D eigenvalue weighted by atomic mass is 32.1. The number of nitrogens with zero attached hydrogens (tertiary/aromatic N) is 4. The molecule has 2 fully saturated rings. The Morgan fingerprint density at radius 2 is 2.00 bits per heavy atom. The lowest BCUT2D eigenvalue weighted by atomic mass is 9.97. The van der Waals surface area contributed by atoms with Crippen LogP contribution in [-0.4, -0.2) is 86.8 Å². The normalized spacial score (nSPS) is 20.7. The number of aliphatic imine (C=N–C) groups is 1. The minimum Gasteiger partial charge on any atom is -0.379 e. The van der Waals surface area contributed by atoms with Gasteiger partial charge in [0.05, 0.1) is 23.9 Å². The van der Waals surface area contributed by atoms with Crippen LogP contribution < -0.4 is 10.6 Å². The number of ether oxygens (including phenoxy) is 1. The molecular formula is C19H34N6OS. The fourth-order valence-electron chi connectivity index (χ4n) is 3.68. The van der Waals surface area contributed by atoms with Crippen molar-refractivity contribution in [3.05, 3.63) is 16.1 Å². The largest absolute Gasteiger partial charge is 0.379 e. The maximum absolute atomic E-state index is 5.39. The molecule has 27 heavy (non-hydrogen) atoms. The zero-order valence-corrected chi connectivity index (χ0v) is 17.6. The van der Waals surface area contributed by atoms with E-state index < -0.39 is 0 Å². The highest BCUT2D eigenvalue weighted by molar-refractivity contribution is 7.09. The van der Waals surface area contributed by atoms with Gasteiger partial charge in [-0.15, -0.1) is 11.3 Å². The SMILES string of the molecule is CN=C(NCCN1CCOCC1)NCC1CCN(Cc2csc(C)n2)CC1. The number of hydrogen-bond acceptors (Lipinski definition) is 6. The third-order valence-electron chi connectivity index (χ3n) is 5.37. The summed E-state index contributed by atoms with van der Waals surface area (Å²) in [5.74, 6) is 1.64. The first-order valence-corrected chi connectivity index (χ1v) is 11.0. The average Bonchev–Trinajstić information content (AvgIpc) is 3.11. The number of thiazole rings is 1. The number of hydrogen-bond donors (Lipinski definition) is 2. The van der Waals surface area contributed by atoms with E-state index in [2.05, 4.69) is 42.7 Å². The molecule has 0 aliphatic carbocycles. The predicted molar refractivity (Wildman–Crippen MR) is 111 cm³/mol. The fourth-order valence-corrected chi connectivity index (χ4v) is 4.28. The molecule has 0 aromatic carbocycles. The number of nitrogens with one attached hydrogen (secondary N) is 2. The summed E-state index contributed by atoms with van der Waals surface area (Å²) in [4.78, 5) is 13.9. The zero-order chi connectivity index (χ0) is 18.9. The fraction of sp³-hybridized carbons (Fsp3) is 0.789. The molecular weight excluding hydrogens is 360 g/mol. The van der Waals surface area contributed by atoms with E-state index in [0.29, 0.717) is 0 Å². The Bertz CT molecular complexity index is 579. The molecule has 3 heterocycles. The summed E-state index contributed by atoms with van der Waals surface area (Å²) in [7, 11) is 1.85. The van der Waals surface area contributed by atoms with Gasteiger partial charge >= 0.3 is 0 Å². The molecule has 2 saturated heterocycles. The van der Waals surface area contributed by atoms with E-state index in [9.17, 15) is 0 Å². The van der Waals surface area contributed by atoms with Crippen molar-refractivity contribution in [1.82, 2.24) is 25.4 Å². The first-order valence-electron chi connectivity index (χ1n) is 10.1. The molecule has 0 amide bonds. The molecule has 1 aromatic heterocycles. The average molecular weight is 395 g/mol. The van der Waals surface area contributed by atoms with Crippen LogP contribution in [0.2, 0.25) is 0 Å². The number of morpholine rings is 1. The van der Waals surface area contributed by atoms with Gasteiger partial charge in [0.25, 0.3) is 0 Å².